The first-order valence-electron chi connectivity index (χ1n) is 3.15. The third-order valence-electron chi connectivity index (χ3n) is 1.39. The van der Waals surface area contributed by atoms with E-state index in [4.69, 9.17) is 11.6 Å². The number of hydrogen-bond donors (Lipinski definition) is 0. The zero-order valence-corrected chi connectivity index (χ0v) is 7.41. The van der Waals surface area contributed by atoms with Gasteiger partial charge < -0.3 is 0 Å². The number of fused-ring (bicyclic) bond motifs is 1. The van der Waals surface area contributed by atoms with Gasteiger partial charge in [0.1, 0.15) is 15.8 Å². The van der Waals surface area contributed by atoms with E-state index in [-0.39, 0.29) is 0 Å². The third-order valence-corrected chi connectivity index (χ3v) is 2.49. The third kappa shape index (κ3) is 1.10. The number of rotatable bonds is 0. The molecule has 2 aromatic heterocycles. The predicted molar refractivity (Wildman–Crippen MR) is 47.2 cm³/mol. The topological polar surface area (TPSA) is 25.8 Å². The molecule has 0 radical (unpaired) electrons. The maximum Gasteiger partial charge on any atom is 0.141 e. The number of thiophene rings is 1. The quantitative estimate of drug-likeness (QED) is 0.589. The summed E-state index contributed by atoms with van der Waals surface area (Å²) in [6.07, 6.45) is 0. The summed E-state index contributed by atoms with van der Waals surface area (Å²) in [5, 5.41) is 3.46. The van der Waals surface area contributed by atoms with Crippen LogP contribution >= 0.6 is 22.9 Å². The molecule has 0 saturated heterocycles. The van der Waals surface area contributed by atoms with Crippen LogP contribution in [0.25, 0.3) is 10.2 Å². The summed E-state index contributed by atoms with van der Waals surface area (Å²) in [5.41, 5.74) is 0. The monoisotopic (exact) mass is 184 g/mol. The molecule has 0 aliphatic rings. The molecule has 4 heteroatoms. The van der Waals surface area contributed by atoms with Gasteiger partial charge in [0.2, 0.25) is 0 Å². The van der Waals surface area contributed by atoms with Gasteiger partial charge in [-0.05, 0) is 18.4 Å². The van der Waals surface area contributed by atoms with E-state index in [1.807, 2.05) is 18.4 Å². The molecular weight excluding hydrogens is 180 g/mol. The van der Waals surface area contributed by atoms with Gasteiger partial charge in [-0.1, -0.05) is 11.6 Å². The van der Waals surface area contributed by atoms with E-state index in [0.717, 1.165) is 16.0 Å². The van der Waals surface area contributed by atoms with E-state index in [2.05, 4.69) is 9.97 Å². The van der Waals surface area contributed by atoms with Crippen LogP contribution in [0, 0.1) is 6.92 Å². The molecule has 0 N–H and O–H groups in total. The van der Waals surface area contributed by atoms with E-state index >= 15 is 0 Å². The Kier molecular flexibility index (Phi) is 1.55. The minimum atomic E-state index is 0.550. The van der Waals surface area contributed by atoms with Gasteiger partial charge in [-0.15, -0.1) is 11.3 Å². The van der Waals surface area contributed by atoms with Gasteiger partial charge in [0.15, 0.2) is 0 Å². The summed E-state index contributed by atoms with van der Waals surface area (Å²) in [6.45, 7) is 1.84. The Morgan fingerprint density at radius 3 is 3.09 bits per heavy atom. The van der Waals surface area contributed by atoms with Crippen LogP contribution in [0.15, 0.2) is 11.4 Å². The molecule has 56 valence electrons. The second-order valence-corrected chi connectivity index (χ2v) is 3.45. The van der Waals surface area contributed by atoms with Crippen molar-refractivity contribution < 1.29 is 0 Å². The number of hydrogen-bond acceptors (Lipinski definition) is 3. The molecule has 0 spiro atoms. The molecule has 2 rings (SSSR count). The number of nitrogens with zero attached hydrogens (tertiary/aromatic N) is 2. The fourth-order valence-corrected chi connectivity index (χ4v) is 2.06. The summed E-state index contributed by atoms with van der Waals surface area (Å²) >= 11 is 7.44. The lowest BCUT2D eigenvalue weighted by atomic mass is 10.4. The van der Waals surface area contributed by atoms with Crippen LogP contribution in [0.4, 0.5) is 0 Å². The molecular formula is C7H5ClN2S. The number of aryl methyl sites for hydroxylation is 1. The van der Waals surface area contributed by atoms with E-state index in [1.54, 1.807) is 11.3 Å². The minimum absolute atomic E-state index is 0.550. The maximum atomic E-state index is 5.86. The summed E-state index contributed by atoms with van der Waals surface area (Å²) in [4.78, 5) is 9.22. The van der Waals surface area contributed by atoms with E-state index in [1.165, 1.54) is 0 Å². The van der Waals surface area contributed by atoms with Crippen LogP contribution in [0.3, 0.4) is 0 Å². The zero-order valence-electron chi connectivity index (χ0n) is 5.84. The number of aromatic nitrogens is 2. The van der Waals surface area contributed by atoms with Crippen molar-refractivity contribution in [2.75, 3.05) is 0 Å². The van der Waals surface area contributed by atoms with Crippen molar-refractivity contribution in [3.05, 3.63) is 22.4 Å². The molecule has 2 heterocycles. The van der Waals surface area contributed by atoms with Gasteiger partial charge in [-0.25, -0.2) is 9.97 Å². The highest BCUT2D eigenvalue weighted by atomic mass is 35.5. The molecule has 0 amide bonds. The molecule has 0 aliphatic carbocycles. The van der Waals surface area contributed by atoms with Crippen molar-refractivity contribution in [2.24, 2.45) is 0 Å². The molecule has 0 unspecified atom stereocenters. The highest BCUT2D eigenvalue weighted by molar-refractivity contribution is 7.16. The van der Waals surface area contributed by atoms with Crippen LogP contribution < -0.4 is 0 Å². The smallest absolute Gasteiger partial charge is 0.141 e. The normalized spacial score (nSPS) is 10.7. The largest absolute Gasteiger partial charge is 0.222 e. The van der Waals surface area contributed by atoms with E-state index < -0.39 is 0 Å². The van der Waals surface area contributed by atoms with E-state index in [9.17, 15) is 0 Å². The second kappa shape index (κ2) is 2.43. The summed E-state index contributed by atoms with van der Waals surface area (Å²) in [7, 11) is 0. The Balaban J connectivity index is 2.91. The fourth-order valence-electron chi connectivity index (χ4n) is 0.919. The van der Waals surface area contributed by atoms with Crippen molar-refractivity contribution in [3.8, 4) is 0 Å². The van der Waals surface area contributed by atoms with Crippen LogP contribution in [0.5, 0.6) is 0 Å². The van der Waals surface area contributed by atoms with Crippen LogP contribution in [-0.2, 0) is 0 Å². The van der Waals surface area contributed by atoms with Gasteiger partial charge in [-0.2, -0.15) is 0 Å². The highest BCUT2D eigenvalue weighted by Gasteiger charge is 2.02. The lowest BCUT2D eigenvalue weighted by molar-refractivity contribution is 1.10. The maximum absolute atomic E-state index is 5.86. The summed E-state index contributed by atoms with van der Waals surface area (Å²) in [6, 6.07) is 1.93. The molecule has 0 bridgehead atoms. The first kappa shape index (κ1) is 7.00. The Labute approximate surface area is 72.9 Å². The van der Waals surface area contributed by atoms with Gasteiger partial charge in [0.05, 0.1) is 0 Å². The van der Waals surface area contributed by atoms with Crippen molar-refractivity contribution in [2.45, 2.75) is 6.92 Å². The molecule has 2 aromatic rings. The predicted octanol–water partition coefficient (Wildman–Crippen LogP) is 2.65. The van der Waals surface area contributed by atoms with Gasteiger partial charge in [0.25, 0.3) is 0 Å². The lowest BCUT2D eigenvalue weighted by Crippen LogP contribution is -1.86. The van der Waals surface area contributed by atoms with E-state index in [0.29, 0.717) is 5.15 Å². The van der Waals surface area contributed by atoms with Crippen molar-refractivity contribution >= 4 is 33.2 Å². The van der Waals surface area contributed by atoms with Gasteiger partial charge in [-0.3, -0.25) is 0 Å². The van der Waals surface area contributed by atoms with Gasteiger partial charge in [0, 0.05) is 5.39 Å². The zero-order chi connectivity index (χ0) is 7.84. The second-order valence-electron chi connectivity index (χ2n) is 2.20. The molecule has 11 heavy (non-hydrogen) atoms. The van der Waals surface area contributed by atoms with Crippen molar-refractivity contribution in [3.63, 3.8) is 0 Å². The lowest BCUT2D eigenvalue weighted by Gasteiger charge is -1.93. The number of halogens is 1. The Hall–Kier alpha value is -0.670. The SMILES string of the molecule is Cc1nc(Cl)c2ccsc2n1. The Morgan fingerprint density at radius 2 is 2.27 bits per heavy atom. The van der Waals surface area contributed by atoms with Crippen molar-refractivity contribution in [1.82, 2.24) is 9.97 Å². The van der Waals surface area contributed by atoms with Crippen LogP contribution in [-0.4, -0.2) is 9.97 Å². The molecule has 0 aliphatic heterocycles. The Bertz CT molecular complexity index is 396. The molecule has 2 nitrogen and oxygen atoms in total. The molecule has 0 atom stereocenters. The van der Waals surface area contributed by atoms with Gasteiger partial charge >= 0.3 is 0 Å². The Morgan fingerprint density at radius 1 is 1.45 bits per heavy atom. The average Bonchev–Trinajstić information content (AvgIpc) is 2.34. The minimum Gasteiger partial charge on any atom is -0.222 e. The molecule has 0 saturated carbocycles. The first-order valence-corrected chi connectivity index (χ1v) is 4.40. The standard InChI is InChI=1S/C7H5ClN2S/c1-4-9-6(8)5-2-3-11-7(5)10-4/h2-3H,1H3. The summed E-state index contributed by atoms with van der Waals surface area (Å²) in [5.74, 6) is 0.727. The average molecular weight is 185 g/mol. The molecule has 0 aromatic carbocycles. The fraction of sp³-hybridized carbons (Fsp3) is 0.143. The van der Waals surface area contributed by atoms with Crippen LogP contribution in [0.2, 0.25) is 5.15 Å². The van der Waals surface area contributed by atoms with Crippen molar-refractivity contribution in [1.29, 1.82) is 0 Å². The first-order chi connectivity index (χ1) is 5.27. The molecule has 0 fully saturated rings. The van der Waals surface area contributed by atoms with Crippen LogP contribution in [0.1, 0.15) is 5.82 Å². The highest BCUT2D eigenvalue weighted by Crippen LogP contribution is 2.24. The summed E-state index contributed by atoms with van der Waals surface area (Å²) < 4.78 is 0.